The van der Waals surface area contributed by atoms with Crippen LogP contribution in [0.2, 0.25) is 0 Å². The summed E-state index contributed by atoms with van der Waals surface area (Å²) in [6.07, 6.45) is 1.63. The van der Waals surface area contributed by atoms with Crippen molar-refractivity contribution in [1.29, 1.82) is 0 Å². The van der Waals surface area contributed by atoms with Crippen LogP contribution < -0.4 is 15.4 Å². The fraction of sp³-hybridized carbons (Fsp3) is 0.308. The molecule has 0 aliphatic carbocycles. The van der Waals surface area contributed by atoms with Gasteiger partial charge in [-0.25, -0.2) is 4.98 Å². The van der Waals surface area contributed by atoms with E-state index < -0.39 is 0 Å². The highest BCUT2D eigenvalue weighted by Crippen LogP contribution is 2.29. The van der Waals surface area contributed by atoms with E-state index in [4.69, 9.17) is 15.2 Å². The molecule has 1 fully saturated rings. The minimum absolute atomic E-state index is 0.514. The second-order valence-corrected chi connectivity index (χ2v) is 5.24. The smallest absolute Gasteiger partial charge is 0.202 e. The van der Waals surface area contributed by atoms with E-state index in [0.717, 1.165) is 32.1 Å². The number of hydrogen-bond donors (Lipinski definition) is 1. The summed E-state index contributed by atoms with van der Waals surface area (Å²) in [5, 5.41) is 1.22. The standard InChI is InChI=1S/C13H15N3O2S/c14-13-15-9-12(19-13)18-11-3-1-10(2-4-11)16-5-7-17-8-6-16/h1-4,9H,5-8H2,(H2,14,15). The van der Waals surface area contributed by atoms with Gasteiger partial charge in [0.2, 0.25) is 5.06 Å². The lowest BCUT2D eigenvalue weighted by molar-refractivity contribution is 0.122. The van der Waals surface area contributed by atoms with Gasteiger partial charge in [-0.15, -0.1) is 0 Å². The van der Waals surface area contributed by atoms with Crippen molar-refractivity contribution in [3.63, 3.8) is 0 Å². The molecule has 0 atom stereocenters. The number of morpholine rings is 1. The molecule has 1 aliphatic heterocycles. The van der Waals surface area contributed by atoms with E-state index in [1.54, 1.807) is 6.20 Å². The highest BCUT2D eigenvalue weighted by molar-refractivity contribution is 7.17. The number of nitrogens with zero attached hydrogens (tertiary/aromatic N) is 2. The first-order valence-electron chi connectivity index (χ1n) is 6.13. The predicted molar refractivity (Wildman–Crippen MR) is 76.1 cm³/mol. The van der Waals surface area contributed by atoms with E-state index in [0.29, 0.717) is 10.2 Å². The van der Waals surface area contributed by atoms with Crippen molar-refractivity contribution >= 4 is 22.2 Å². The average Bonchev–Trinajstić information content (AvgIpc) is 2.86. The molecule has 5 nitrogen and oxygen atoms in total. The van der Waals surface area contributed by atoms with Crippen molar-refractivity contribution in [3.05, 3.63) is 30.5 Å². The number of ether oxygens (including phenoxy) is 2. The van der Waals surface area contributed by atoms with Gasteiger partial charge in [0.25, 0.3) is 0 Å². The van der Waals surface area contributed by atoms with Crippen LogP contribution in [0.3, 0.4) is 0 Å². The highest BCUT2D eigenvalue weighted by Gasteiger charge is 2.11. The lowest BCUT2D eigenvalue weighted by Crippen LogP contribution is -2.36. The Balaban J connectivity index is 1.68. The van der Waals surface area contributed by atoms with Gasteiger partial charge in [-0.2, -0.15) is 0 Å². The summed E-state index contributed by atoms with van der Waals surface area (Å²) in [6, 6.07) is 8.04. The molecular weight excluding hydrogens is 262 g/mol. The van der Waals surface area contributed by atoms with Gasteiger partial charge in [0, 0.05) is 18.8 Å². The quantitative estimate of drug-likeness (QED) is 0.933. The van der Waals surface area contributed by atoms with Gasteiger partial charge in [-0.3, -0.25) is 0 Å². The van der Waals surface area contributed by atoms with Crippen molar-refractivity contribution in [2.24, 2.45) is 0 Å². The number of anilines is 2. The monoisotopic (exact) mass is 277 g/mol. The first-order chi connectivity index (χ1) is 9.31. The van der Waals surface area contributed by atoms with E-state index in [2.05, 4.69) is 22.0 Å². The third-order valence-corrected chi connectivity index (χ3v) is 3.64. The highest BCUT2D eigenvalue weighted by atomic mass is 32.1. The van der Waals surface area contributed by atoms with Crippen LogP contribution in [0, 0.1) is 0 Å². The van der Waals surface area contributed by atoms with Crippen LogP contribution in [-0.4, -0.2) is 31.3 Å². The van der Waals surface area contributed by atoms with Crippen molar-refractivity contribution < 1.29 is 9.47 Å². The SMILES string of the molecule is Nc1ncc(Oc2ccc(N3CCOCC3)cc2)s1. The number of nitrogen functional groups attached to an aromatic ring is 1. The van der Waals surface area contributed by atoms with E-state index >= 15 is 0 Å². The topological polar surface area (TPSA) is 60.6 Å². The van der Waals surface area contributed by atoms with Crippen molar-refractivity contribution in [1.82, 2.24) is 4.98 Å². The van der Waals surface area contributed by atoms with Crippen molar-refractivity contribution in [3.8, 4) is 10.8 Å². The van der Waals surface area contributed by atoms with Crippen LogP contribution in [0.25, 0.3) is 0 Å². The zero-order valence-electron chi connectivity index (χ0n) is 10.4. The average molecular weight is 277 g/mol. The molecule has 3 rings (SSSR count). The number of benzene rings is 1. The van der Waals surface area contributed by atoms with E-state index in [-0.39, 0.29) is 0 Å². The van der Waals surface area contributed by atoms with Crippen molar-refractivity contribution in [2.45, 2.75) is 0 Å². The second kappa shape index (κ2) is 5.46. The molecule has 100 valence electrons. The van der Waals surface area contributed by atoms with E-state index in [9.17, 15) is 0 Å². The lowest BCUT2D eigenvalue weighted by atomic mass is 10.2. The molecule has 0 saturated carbocycles. The largest absolute Gasteiger partial charge is 0.445 e. The molecule has 19 heavy (non-hydrogen) atoms. The Morgan fingerprint density at radius 2 is 1.95 bits per heavy atom. The summed E-state index contributed by atoms with van der Waals surface area (Å²) in [5.41, 5.74) is 6.76. The molecule has 2 heterocycles. The number of rotatable bonds is 3. The van der Waals surface area contributed by atoms with Crippen LogP contribution in [0.15, 0.2) is 30.5 Å². The number of aromatic nitrogens is 1. The summed E-state index contributed by atoms with van der Waals surface area (Å²) < 4.78 is 11.0. The van der Waals surface area contributed by atoms with Crippen LogP contribution >= 0.6 is 11.3 Å². The van der Waals surface area contributed by atoms with Gasteiger partial charge in [-0.1, -0.05) is 11.3 Å². The van der Waals surface area contributed by atoms with Gasteiger partial charge in [0.05, 0.1) is 19.4 Å². The first-order valence-corrected chi connectivity index (χ1v) is 6.95. The Morgan fingerprint density at radius 3 is 2.58 bits per heavy atom. The molecule has 1 aliphatic rings. The second-order valence-electron chi connectivity index (χ2n) is 4.21. The molecule has 0 radical (unpaired) electrons. The van der Waals surface area contributed by atoms with Crippen LogP contribution in [0.1, 0.15) is 0 Å². The summed E-state index contributed by atoms with van der Waals surface area (Å²) in [5.74, 6) is 0.792. The molecule has 1 aromatic heterocycles. The summed E-state index contributed by atoms with van der Waals surface area (Å²) in [7, 11) is 0. The molecule has 1 aromatic carbocycles. The van der Waals surface area contributed by atoms with Crippen molar-refractivity contribution in [2.75, 3.05) is 36.9 Å². The molecule has 0 unspecified atom stereocenters. The number of hydrogen-bond acceptors (Lipinski definition) is 6. The molecule has 2 aromatic rings. The molecule has 0 amide bonds. The fourth-order valence-corrected chi connectivity index (χ4v) is 2.54. The third kappa shape index (κ3) is 2.97. The normalized spacial score (nSPS) is 15.5. The molecule has 2 N–H and O–H groups in total. The zero-order valence-corrected chi connectivity index (χ0v) is 11.2. The van der Waals surface area contributed by atoms with E-state index in [1.807, 2.05) is 12.1 Å². The minimum atomic E-state index is 0.514. The Hall–Kier alpha value is -1.79. The Morgan fingerprint density at radius 1 is 1.21 bits per heavy atom. The number of thiazole rings is 1. The Bertz CT molecular complexity index is 535. The van der Waals surface area contributed by atoms with Gasteiger partial charge < -0.3 is 20.1 Å². The van der Waals surface area contributed by atoms with Crippen LogP contribution in [-0.2, 0) is 4.74 Å². The summed E-state index contributed by atoms with van der Waals surface area (Å²) >= 11 is 1.33. The maximum Gasteiger partial charge on any atom is 0.202 e. The minimum Gasteiger partial charge on any atom is -0.445 e. The molecule has 6 heteroatoms. The fourth-order valence-electron chi connectivity index (χ4n) is 1.98. The summed E-state index contributed by atoms with van der Waals surface area (Å²) in [6.45, 7) is 3.45. The maximum absolute atomic E-state index is 5.67. The molecule has 0 bridgehead atoms. The van der Waals surface area contributed by atoms with Gasteiger partial charge >= 0.3 is 0 Å². The molecular formula is C13H15N3O2S. The Kier molecular flexibility index (Phi) is 3.52. The van der Waals surface area contributed by atoms with Crippen LogP contribution in [0.5, 0.6) is 10.8 Å². The maximum atomic E-state index is 5.67. The number of nitrogens with two attached hydrogens (primary N) is 1. The van der Waals surface area contributed by atoms with Gasteiger partial charge in [-0.05, 0) is 24.3 Å². The molecule has 0 spiro atoms. The van der Waals surface area contributed by atoms with Gasteiger partial charge in [0.15, 0.2) is 5.13 Å². The molecule has 1 saturated heterocycles. The zero-order chi connectivity index (χ0) is 13.1. The Labute approximate surface area is 115 Å². The predicted octanol–water partition coefficient (Wildman–Crippen LogP) is 2.35. The van der Waals surface area contributed by atoms with Gasteiger partial charge in [0.1, 0.15) is 5.75 Å². The summed E-state index contributed by atoms with van der Waals surface area (Å²) in [4.78, 5) is 6.26. The van der Waals surface area contributed by atoms with Crippen LogP contribution in [0.4, 0.5) is 10.8 Å². The lowest BCUT2D eigenvalue weighted by Gasteiger charge is -2.28. The first kappa shape index (κ1) is 12.3. The van der Waals surface area contributed by atoms with E-state index in [1.165, 1.54) is 17.0 Å². The third-order valence-electron chi connectivity index (χ3n) is 2.93.